The molecule has 0 N–H and O–H groups in total. The summed E-state index contributed by atoms with van der Waals surface area (Å²) in [6, 6.07) is 2.45. The number of amides is 1. The first-order chi connectivity index (χ1) is 12.0. The number of hydrogen-bond acceptors (Lipinski definition) is 6. The van der Waals surface area contributed by atoms with Gasteiger partial charge in [-0.15, -0.1) is 0 Å². The van der Waals surface area contributed by atoms with Crippen molar-refractivity contribution in [2.75, 3.05) is 32.1 Å². The van der Waals surface area contributed by atoms with E-state index in [9.17, 15) is 4.79 Å². The third kappa shape index (κ3) is 4.35. The molecule has 0 atom stereocenters. The highest BCUT2D eigenvalue weighted by atomic mass is 16.5. The molecule has 3 rings (SSSR count). The van der Waals surface area contributed by atoms with E-state index >= 15 is 0 Å². The SMILES string of the molecule is Cc1cncc(C(=O)N2CCC(CCc3noc(N(C)C)n3)CC2)c1. The van der Waals surface area contributed by atoms with Gasteiger partial charge in [0.05, 0.1) is 5.56 Å². The van der Waals surface area contributed by atoms with Crippen LogP contribution in [0, 0.1) is 12.8 Å². The van der Waals surface area contributed by atoms with Crippen LogP contribution in [0.5, 0.6) is 0 Å². The van der Waals surface area contributed by atoms with Gasteiger partial charge in [-0.2, -0.15) is 4.98 Å². The van der Waals surface area contributed by atoms with Crippen LogP contribution in [0.2, 0.25) is 0 Å². The molecule has 1 aliphatic rings. The number of likely N-dealkylation sites (tertiary alicyclic amines) is 1. The first kappa shape index (κ1) is 17.4. The number of anilines is 1. The average molecular weight is 343 g/mol. The second-order valence-electron chi connectivity index (χ2n) is 6.91. The zero-order valence-corrected chi connectivity index (χ0v) is 15.1. The summed E-state index contributed by atoms with van der Waals surface area (Å²) in [5.41, 5.74) is 1.69. The van der Waals surface area contributed by atoms with Crippen LogP contribution in [0.3, 0.4) is 0 Å². The normalized spacial score (nSPS) is 15.4. The topological polar surface area (TPSA) is 75.4 Å². The van der Waals surface area contributed by atoms with Crippen LogP contribution in [0.15, 0.2) is 23.0 Å². The molecule has 7 heteroatoms. The molecule has 0 radical (unpaired) electrons. The van der Waals surface area contributed by atoms with E-state index in [0.29, 0.717) is 17.5 Å². The highest BCUT2D eigenvalue weighted by molar-refractivity contribution is 5.94. The molecule has 134 valence electrons. The number of aryl methyl sites for hydroxylation is 2. The van der Waals surface area contributed by atoms with Crippen LogP contribution in [-0.2, 0) is 6.42 Å². The van der Waals surface area contributed by atoms with E-state index in [-0.39, 0.29) is 5.91 Å². The maximum Gasteiger partial charge on any atom is 0.323 e. The predicted octanol–water partition coefficient (Wildman–Crippen LogP) is 2.32. The Morgan fingerprint density at radius 2 is 2.08 bits per heavy atom. The van der Waals surface area contributed by atoms with E-state index in [1.54, 1.807) is 17.3 Å². The summed E-state index contributed by atoms with van der Waals surface area (Å²) in [4.78, 5) is 24.8. The number of piperidine rings is 1. The monoisotopic (exact) mass is 343 g/mol. The molecule has 3 heterocycles. The average Bonchev–Trinajstić information content (AvgIpc) is 3.09. The Hall–Kier alpha value is -2.44. The molecule has 0 unspecified atom stereocenters. The maximum absolute atomic E-state index is 12.6. The lowest BCUT2D eigenvalue weighted by Gasteiger charge is -2.32. The number of hydrogen-bond donors (Lipinski definition) is 0. The van der Waals surface area contributed by atoms with Crippen LogP contribution in [0.25, 0.3) is 0 Å². The van der Waals surface area contributed by atoms with Crippen LogP contribution < -0.4 is 4.90 Å². The molecular weight excluding hydrogens is 318 g/mol. The summed E-state index contributed by atoms with van der Waals surface area (Å²) in [5.74, 6) is 1.44. The Labute approximate surface area is 148 Å². The molecule has 25 heavy (non-hydrogen) atoms. The van der Waals surface area contributed by atoms with E-state index in [1.807, 2.05) is 32.0 Å². The van der Waals surface area contributed by atoms with E-state index in [2.05, 4.69) is 15.1 Å². The standard InChI is InChI=1S/C18H25N5O2/c1-13-10-15(12-19-11-13)17(24)23-8-6-14(7-9-23)4-5-16-20-18(22(2)3)25-21-16/h10-12,14H,4-9H2,1-3H3. The molecule has 1 fully saturated rings. The van der Waals surface area contributed by atoms with Crippen molar-refractivity contribution in [2.45, 2.75) is 32.6 Å². The van der Waals surface area contributed by atoms with Crippen molar-refractivity contribution in [1.29, 1.82) is 0 Å². The van der Waals surface area contributed by atoms with Gasteiger partial charge in [-0.25, -0.2) is 0 Å². The van der Waals surface area contributed by atoms with Crippen molar-refractivity contribution in [3.05, 3.63) is 35.4 Å². The van der Waals surface area contributed by atoms with Crippen molar-refractivity contribution in [3.63, 3.8) is 0 Å². The summed E-state index contributed by atoms with van der Waals surface area (Å²) >= 11 is 0. The molecule has 0 bridgehead atoms. The van der Waals surface area contributed by atoms with Gasteiger partial charge >= 0.3 is 6.01 Å². The van der Waals surface area contributed by atoms with E-state index < -0.39 is 0 Å². The lowest BCUT2D eigenvalue weighted by molar-refractivity contribution is 0.0686. The van der Waals surface area contributed by atoms with Gasteiger partial charge in [0, 0.05) is 46.0 Å². The van der Waals surface area contributed by atoms with Crippen molar-refractivity contribution in [3.8, 4) is 0 Å². The Morgan fingerprint density at radius 1 is 1.32 bits per heavy atom. The fourth-order valence-corrected chi connectivity index (χ4v) is 3.14. The smallest absolute Gasteiger partial charge is 0.323 e. The number of carbonyl (C=O) groups is 1. The second kappa shape index (κ2) is 7.63. The highest BCUT2D eigenvalue weighted by Gasteiger charge is 2.24. The molecule has 1 aliphatic heterocycles. The van der Waals surface area contributed by atoms with Crippen LogP contribution in [0.1, 0.15) is 41.0 Å². The summed E-state index contributed by atoms with van der Waals surface area (Å²) < 4.78 is 5.18. The number of carbonyl (C=O) groups excluding carboxylic acids is 1. The quantitative estimate of drug-likeness (QED) is 0.829. The molecule has 1 saturated heterocycles. The molecule has 0 aliphatic carbocycles. The Kier molecular flexibility index (Phi) is 5.31. The zero-order chi connectivity index (χ0) is 17.8. The number of pyridine rings is 1. The Balaban J connectivity index is 1.47. The van der Waals surface area contributed by atoms with Gasteiger partial charge in [-0.3, -0.25) is 9.78 Å². The fraction of sp³-hybridized carbons (Fsp3) is 0.556. The summed E-state index contributed by atoms with van der Waals surface area (Å²) in [5, 5.41) is 4.01. The summed E-state index contributed by atoms with van der Waals surface area (Å²) in [6.45, 7) is 3.55. The van der Waals surface area contributed by atoms with E-state index in [0.717, 1.165) is 50.2 Å². The van der Waals surface area contributed by atoms with Gasteiger partial charge < -0.3 is 14.3 Å². The van der Waals surface area contributed by atoms with Crippen molar-refractivity contribution >= 4 is 11.9 Å². The minimum absolute atomic E-state index is 0.0865. The molecule has 2 aromatic rings. The Bertz CT molecular complexity index is 720. The van der Waals surface area contributed by atoms with Gasteiger partial charge in [-0.05, 0) is 43.7 Å². The van der Waals surface area contributed by atoms with Crippen molar-refractivity contribution < 1.29 is 9.32 Å². The molecule has 2 aromatic heterocycles. The first-order valence-electron chi connectivity index (χ1n) is 8.74. The van der Waals surface area contributed by atoms with Crippen molar-refractivity contribution in [2.24, 2.45) is 5.92 Å². The zero-order valence-electron chi connectivity index (χ0n) is 15.1. The van der Waals surface area contributed by atoms with Gasteiger partial charge in [-0.1, -0.05) is 5.16 Å². The van der Waals surface area contributed by atoms with Gasteiger partial charge in [0.1, 0.15) is 0 Å². The van der Waals surface area contributed by atoms with Gasteiger partial charge in [0.25, 0.3) is 5.91 Å². The second-order valence-corrected chi connectivity index (χ2v) is 6.91. The molecule has 7 nitrogen and oxygen atoms in total. The van der Waals surface area contributed by atoms with Crippen molar-refractivity contribution in [1.82, 2.24) is 20.0 Å². The summed E-state index contributed by atoms with van der Waals surface area (Å²) in [7, 11) is 3.77. The highest BCUT2D eigenvalue weighted by Crippen LogP contribution is 2.23. The molecular formula is C18H25N5O2. The lowest BCUT2D eigenvalue weighted by Crippen LogP contribution is -2.38. The molecule has 1 amide bonds. The predicted molar refractivity (Wildman–Crippen MR) is 94.5 cm³/mol. The maximum atomic E-state index is 12.6. The lowest BCUT2D eigenvalue weighted by atomic mass is 9.92. The number of nitrogens with zero attached hydrogens (tertiary/aromatic N) is 5. The molecule has 0 saturated carbocycles. The van der Waals surface area contributed by atoms with Gasteiger partial charge in [0.2, 0.25) is 0 Å². The first-order valence-corrected chi connectivity index (χ1v) is 8.74. The minimum Gasteiger partial charge on any atom is -0.339 e. The summed E-state index contributed by atoms with van der Waals surface area (Å²) in [6.07, 6.45) is 7.30. The number of rotatable bonds is 5. The van der Waals surface area contributed by atoms with Crippen LogP contribution >= 0.6 is 0 Å². The Morgan fingerprint density at radius 3 is 2.72 bits per heavy atom. The van der Waals surface area contributed by atoms with Gasteiger partial charge in [0.15, 0.2) is 5.82 Å². The molecule has 0 spiro atoms. The van der Waals surface area contributed by atoms with E-state index in [4.69, 9.17) is 4.52 Å². The van der Waals surface area contributed by atoms with E-state index in [1.165, 1.54) is 0 Å². The third-order valence-electron chi connectivity index (χ3n) is 4.64. The fourth-order valence-electron chi connectivity index (χ4n) is 3.14. The number of aromatic nitrogens is 3. The third-order valence-corrected chi connectivity index (χ3v) is 4.64. The minimum atomic E-state index is 0.0865. The largest absolute Gasteiger partial charge is 0.339 e. The van der Waals surface area contributed by atoms with Crippen LogP contribution in [0.4, 0.5) is 6.01 Å². The van der Waals surface area contributed by atoms with Crippen LogP contribution in [-0.4, -0.2) is 53.1 Å². The molecule has 0 aromatic carbocycles.